The van der Waals surface area contributed by atoms with Gasteiger partial charge in [-0.15, -0.1) is 0 Å². The lowest BCUT2D eigenvalue weighted by Crippen LogP contribution is -2.22. The number of pyridine rings is 1. The van der Waals surface area contributed by atoms with Crippen LogP contribution in [0.2, 0.25) is 0 Å². The number of nitrogens with zero attached hydrogens (tertiary/aromatic N) is 1. The van der Waals surface area contributed by atoms with Gasteiger partial charge in [-0.3, -0.25) is 4.98 Å². The predicted molar refractivity (Wildman–Crippen MR) is 83.8 cm³/mol. The van der Waals surface area contributed by atoms with Gasteiger partial charge >= 0.3 is 0 Å². The van der Waals surface area contributed by atoms with Crippen molar-refractivity contribution in [3.63, 3.8) is 0 Å². The summed E-state index contributed by atoms with van der Waals surface area (Å²) in [6.45, 7) is 3.70. The third kappa shape index (κ3) is 5.08. The molecule has 0 aliphatic heterocycles. The molecule has 1 N–H and O–H groups in total. The molecule has 1 aromatic heterocycles. The summed E-state index contributed by atoms with van der Waals surface area (Å²) in [5.41, 5.74) is 1.06. The normalized spacial score (nSPS) is 11.9. The Bertz CT molecular complexity index is 514. The number of methoxy groups -OCH3 is 1. The van der Waals surface area contributed by atoms with Crippen molar-refractivity contribution >= 4 is 0 Å². The zero-order valence-corrected chi connectivity index (χ0v) is 12.6. The minimum atomic E-state index is 0.257. The number of rotatable bonds is 8. The Hall–Kier alpha value is -2.07. The fourth-order valence-electron chi connectivity index (χ4n) is 1.99. The Balaban J connectivity index is 1.63. The molecule has 112 valence electrons. The highest BCUT2D eigenvalue weighted by Gasteiger charge is 2.04. The minimum absolute atomic E-state index is 0.257. The molecule has 2 rings (SSSR count). The summed E-state index contributed by atoms with van der Waals surface area (Å²) in [6.07, 6.45) is 2.77. The Morgan fingerprint density at radius 3 is 2.52 bits per heavy atom. The maximum Gasteiger partial charge on any atom is 0.119 e. The Morgan fingerprint density at radius 2 is 1.86 bits per heavy atom. The van der Waals surface area contributed by atoms with Crippen LogP contribution in [0.25, 0.3) is 0 Å². The molecule has 0 bridgehead atoms. The molecule has 4 nitrogen and oxygen atoms in total. The molecular formula is C17H22N2O2. The van der Waals surface area contributed by atoms with Crippen LogP contribution in [-0.2, 0) is 0 Å². The number of nitrogens with one attached hydrogen (secondary N) is 1. The van der Waals surface area contributed by atoms with E-state index in [-0.39, 0.29) is 6.04 Å². The van der Waals surface area contributed by atoms with Crippen LogP contribution >= 0.6 is 0 Å². The molecule has 0 spiro atoms. The molecule has 0 radical (unpaired) electrons. The molecule has 0 saturated carbocycles. The van der Waals surface area contributed by atoms with Crippen LogP contribution in [0.15, 0.2) is 48.7 Å². The monoisotopic (exact) mass is 286 g/mol. The van der Waals surface area contributed by atoms with Gasteiger partial charge in [0.1, 0.15) is 11.5 Å². The molecule has 1 aromatic carbocycles. The van der Waals surface area contributed by atoms with E-state index in [2.05, 4.69) is 17.2 Å². The first-order chi connectivity index (χ1) is 10.3. The van der Waals surface area contributed by atoms with Crippen molar-refractivity contribution in [3.05, 3.63) is 54.4 Å². The van der Waals surface area contributed by atoms with Crippen molar-refractivity contribution in [1.29, 1.82) is 0 Å². The number of benzene rings is 1. The topological polar surface area (TPSA) is 43.4 Å². The van der Waals surface area contributed by atoms with Crippen LogP contribution in [0.5, 0.6) is 11.5 Å². The van der Waals surface area contributed by atoms with Crippen LogP contribution < -0.4 is 14.8 Å². The number of aromatic nitrogens is 1. The lowest BCUT2D eigenvalue weighted by atomic mass is 10.2. The molecule has 21 heavy (non-hydrogen) atoms. The maximum atomic E-state index is 5.68. The van der Waals surface area contributed by atoms with Crippen LogP contribution in [-0.4, -0.2) is 25.2 Å². The van der Waals surface area contributed by atoms with Gasteiger partial charge in [0.05, 0.1) is 19.4 Å². The van der Waals surface area contributed by atoms with Gasteiger partial charge in [0, 0.05) is 12.2 Å². The summed E-state index contributed by atoms with van der Waals surface area (Å²) >= 11 is 0. The summed E-state index contributed by atoms with van der Waals surface area (Å²) in [4.78, 5) is 4.34. The number of hydrogen-bond acceptors (Lipinski definition) is 4. The lowest BCUT2D eigenvalue weighted by Gasteiger charge is -2.13. The molecule has 2 aromatic rings. The summed E-state index contributed by atoms with van der Waals surface area (Å²) in [5, 5.41) is 3.44. The molecule has 1 atom stereocenters. The quantitative estimate of drug-likeness (QED) is 0.757. The Morgan fingerprint density at radius 1 is 1.10 bits per heavy atom. The molecule has 1 unspecified atom stereocenters. The summed E-state index contributed by atoms with van der Waals surface area (Å²) < 4.78 is 10.8. The first-order valence-corrected chi connectivity index (χ1v) is 7.21. The van der Waals surface area contributed by atoms with Gasteiger partial charge in [-0.2, -0.15) is 0 Å². The van der Waals surface area contributed by atoms with Crippen molar-refractivity contribution < 1.29 is 9.47 Å². The van der Waals surface area contributed by atoms with Crippen LogP contribution in [0.1, 0.15) is 25.1 Å². The van der Waals surface area contributed by atoms with E-state index in [9.17, 15) is 0 Å². The number of hydrogen-bond donors (Lipinski definition) is 1. The molecule has 0 aliphatic rings. The van der Waals surface area contributed by atoms with E-state index >= 15 is 0 Å². The van der Waals surface area contributed by atoms with Gasteiger partial charge in [0.25, 0.3) is 0 Å². The fraction of sp³-hybridized carbons (Fsp3) is 0.353. The van der Waals surface area contributed by atoms with Gasteiger partial charge in [0.15, 0.2) is 0 Å². The smallest absolute Gasteiger partial charge is 0.119 e. The third-order valence-electron chi connectivity index (χ3n) is 3.23. The van der Waals surface area contributed by atoms with E-state index in [0.717, 1.165) is 30.2 Å². The first kappa shape index (κ1) is 15.3. The van der Waals surface area contributed by atoms with Crippen molar-refractivity contribution in [1.82, 2.24) is 10.3 Å². The SMILES string of the molecule is COc1ccc(OCCCNC(C)c2ccccn2)cc1. The average Bonchev–Trinajstić information content (AvgIpc) is 2.55. The molecule has 1 heterocycles. The van der Waals surface area contributed by atoms with E-state index < -0.39 is 0 Å². The van der Waals surface area contributed by atoms with E-state index in [0.29, 0.717) is 6.61 Å². The van der Waals surface area contributed by atoms with E-state index in [1.807, 2.05) is 48.7 Å². The van der Waals surface area contributed by atoms with E-state index in [1.54, 1.807) is 7.11 Å². The van der Waals surface area contributed by atoms with Crippen LogP contribution in [0.3, 0.4) is 0 Å². The fourth-order valence-corrected chi connectivity index (χ4v) is 1.99. The van der Waals surface area contributed by atoms with Crippen molar-refractivity contribution in [2.45, 2.75) is 19.4 Å². The lowest BCUT2D eigenvalue weighted by molar-refractivity contribution is 0.305. The first-order valence-electron chi connectivity index (χ1n) is 7.21. The van der Waals surface area contributed by atoms with Crippen molar-refractivity contribution in [2.75, 3.05) is 20.3 Å². The second-order valence-corrected chi connectivity index (χ2v) is 4.81. The summed E-state index contributed by atoms with van der Waals surface area (Å²) in [7, 11) is 1.66. The van der Waals surface area contributed by atoms with Crippen molar-refractivity contribution in [2.24, 2.45) is 0 Å². The van der Waals surface area contributed by atoms with Gasteiger partial charge < -0.3 is 14.8 Å². The Kier molecular flexibility index (Phi) is 6.03. The molecule has 4 heteroatoms. The largest absolute Gasteiger partial charge is 0.497 e. The standard InChI is InChI=1S/C17H22N2O2/c1-14(17-6-3-4-11-19-17)18-12-5-13-21-16-9-7-15(20-2)8-10-16/h3-4,6-11,14,18H,5,12-13H2,1-2H3. The van der Waals surface area contributed by atoms with E-state index in [4.69, 9.17) is 9.47 Å². The third-order valence-corrected chi connectivity index (χ3v) is 3.23. The zero-order valence-electron chi connectivity index (χ0n) is 12.6. The van der Waals surface area contributed by atoms with Crippen LogP contribution in [0, 0.1) is 0 Å². The Labute approximate surface area is 126 Å². The molecular weight excluding hydrogens is 264 g/mol. The highest BCUT2D eigenvalue weighted by atomic mass is 16.5. The zero-order chi connectivity index (χ0) is 14.9. The molecule has 0 aliphatic carbocycles. The summed E-state index contributed by atoms with van der Waals surface area (Å²) in [5.74, 6) is 1.71. The molecule has 0 saturated heterocycles. The van der Waals surface area contributed by atoms with Crippen LogP contribution in [0.4, 0.5) is 0 Å². The number of ether oxygens (including phenoxy) is 2. The van der Waals surface area contributed by atoms with Gasteiger partial charge in [-0.1, -0.05) is 6.07 Å². The molecule has 0 amide bonds. The average molecular weight is 286 g/mol. The van der Waals surface area contributed by atoms with Gasteiger partial charge in [0.2, 0.25) is 0 Å². The highest BCUT2D eigenvalue weighted by Crippen LogP contribution is 2.17. The van der Waals surface area contributed by atoms with E-state index in [1.165, 1.54) is 0 Å². The second-order valence-electron chi connectivity index (χ2n) is 4.81. The van der Waals surface area contributed by atoms with Crippen molar-refractivity contribution in [3.8, 4) is 11.5 Å². The predicted octanol–water partition coefficient (Wildman–Crippen LogP) is 3.21. The second kappa shape index (κ2) is 8.27. The molecule has 0 fully saturated rings. The minimum Gasteiger partial charge on any atom is -0.497 e. The van der Waals surface area contributed by atoms with Gasteiger partial charge in [-0.25, -0.2) is 0 Å². The maximum absolute atomic E-state index is 5.68. The van der Waals surface area contributed by atoms with Gasteiger partial charge in [-0.05, 0) is 56.3 Å². The summed E-state index contributed by atoms with van der Waals surface area (Å²) in [6, 6.07) is 13.9. The highest BCUT2D eigenvalue weighted by molar-refractivity contribution is 5.31.